The van der Waals surface area contributed by atoms with E-state index in [1.807, 2.05) is 12.1 Å². The molecular weight excluding hydrogens is 524 g/mol. The van der Waals surface area contributed by atoms with Crippen molar-refractivity contribution in [1.29, 1.82) is 0 Å². The Hall–Kier alpha value is -4.09. The molecule has 0 radical (unpaired) electrons. The Morgan fingerprint density at radius 3 is 2.63 bits per heavy atom. The van der Waals surface area contributed by atoms with E-state index in [-0.39, 0.29) is 31.8 Å². The van der Waals surface area contributed by atoms with Gasteiger partial charge in [-0.15, -0.1) is 5.06 Å². The molecule has 212 valence electrons. The number of hydroxylamine groups is 2. The minimum absolute atomic E-state index is 0.00971. The topological polar surface area (TPSA) is 108 Å². The van der Waals surface area contributed by atoms with E-state index in [0.29, 0.717) is 16.7 Å². The lowest BCUT2D eigenvalue weighted by Crippen LogP contribution is -2.54. The number of amides is 3. The Morgan fingerprint density at radius 1 is 1.07 bits per heavy atom. The predicted molar refractivity (Wildman–Crippen MR) is 148 cm³/mol. The average molecular weight is 557 g/mol. The van der Waals surface area contributed by atoms with Crippen molar-refractivity contribution in [3.8, 4) is 11.3 Å². The summed E-state index contributed by atoms with van der Waals surface area (Å²) in [5.41, 5.74) is 5.35. The number of pyridine rings is 1. The highest BCUT2D eigenvalue weighted by Crippen LogP contribution is 2.35. The SMILES string of the molecule is CN1CC(n2ccc3c(CN4CCCC4)cc(-c4ccc5c(c4)CN(C4CCC(=O)N(OC=O)C4=O)C5=O)nc32)C1. The summed E-state index contributed by atoms with van der Waals surface area (Å²) in [7, 11) is 2.13. The van der Waals surface area contributed by atoms with Crippen LogP contribution in [0.2, 0.25) is 0 Å². The van der Waals surface area contributed by atoms with E-state index in [2.05, 4.69) is 44.6 Å². The maximum atomic E-state index is 13.3. The second kappa shape index (κ2) is 10.1. The molecule has 0 saturated carbocycles. The van der Waals surface area contributed by atoms with Crippen LogP contribution in [0.15, 0.2) is 36.5 Å². The average Bonchev–Trinajstić information content (AvgIpc) is 3.69. The maximum Gasteiger partial charge on any atom is 0.321 e. The number of rotatable bonds is 7. The van der Waals surface area contributed by atoms with Crippen LogP contribution in [-0.4, -0.2) is 92.8 Å². The number of hydrogen-bond donors (Lipinski definition) is 0. The zero-order valence-electron chi connectivity index (χ0n) is 23.0. The van der Waals surface area contributed by atoms with Crippen LogP contribution in [0, 0.1) is 0 Å². The van der Waals surface area contributed by atoms with Gasteiger partial charge in [0, 0.05) is 55.3 Å². The standard InChI is InChI=1S/C30H32N6O5/c1-32-16-22(17-32)34-11-8-23-21(14-33-9-2-3-10-33)13-25(31-28(23)34)19-4-5-24-20(12-19)15-35(29(24)39)26-6-7-27(38)36(30(26)40)41-18-37/h4-5,8,11-13,18,22,26H,2-3,6-7,9-10,14-17H2,1H3. The molecule has 3 fully saturated rings. The molecule has 1 unspecified atom stereocenters. The largest absolute Gasteiger partial charge is 0.334 e. The number of carbonyl (C=O) groups is 4. The number of hydrogen-bond acceptors (Lipinski definition) is 8. The molecule has 2 aromatic heterocycles. The maximum absolute atomic E-state index is 13.3. The Balaban J connectivity index is 1.22. The summed E-state index contributed by atoms with van der Waals surface area (Å²) in [5, 5.41) is 1.66. The molecule has 6 heterocycles. The van der Waals surface area contributed by atoms with Gasteiger partial charge in [-0.05, 0) is 74.8 Å². The fraction of sp³-hybridized carbons (Fsp3) is 0.433. The van der Waals surface area contributed by atoms with E-state index in [9.17, 15) is 19.2 Å². The molecule has 0 aliphatic carbocycles. The summed E-state index contributed by atoms with van der Waals surface area (Å²) < 4.78 is 2.30. The van der Waals surface area contributed by atoms with Crippen LogP contribution < -0.4 is 0 Å². The highest BCUT2D eigenvalue weighted by molar-refractivity contribution is 6.05. The van der Waals surface area contributed by atoms with E-state index in [0.717, 1.165) is 55.2 Å². The number of fused-ring (bicyclic) bond motifs is 2. The van der Waals surface area contributed by atoms with Crippen molar-refractivity contribution < 1.29 is 24.0 Å². The first kappa shape index (κ1) is 25.8. The Morgan fingerprint density at radius 2 is 1.88 bits per heavy atom. The molecule has 0 bridgehead atoms. The molecule has 3 saturated heterocycles. The molecule has 11 nitrogen and oxygen atoms in total. The molecule has 3 aromatic rings. The third-order valence-corrected chi connectivity index (χ3v) is 8.90. The summed E-state index contributed by atoms with van der Waals surface area (Å²) in [6.07, 6.45) is 4.81. The Bertz CT molecular complexity index is 1570. The first-order valence-electron chi connectivity index (χ1n) is 14.2. The number of aromatic nitrogens is 2. The van der Waals surface area contributed by atoms with Crippen LogP contribution in [0.25, 0.3) is 22.3 Å². The second-order valence-electron chi connectivity index (χ2n) is 11.6. The van der Waals surface area contributed by atoms with E-state index in [1.165, 1.54) is 28.7 Å². The van der Waals surface area contributed by atoms with E-state index in [4.69, 9.17) is 4.98 Å². The third-order valence-electron chi connectivity index (χ3n) is 8.90. The molecule has 4 aliphatic rings. The van der Waals surface area contributed by atoms with Crippen molar-refractivity contribution in [3.05, 3.63) is 53.2 Å². The lowest BCUT2D eigenvalue weighted by Gasteiger charge is -2.37. The van der Waals surface area contributed by atoms with Crippen LogP contribution in [0.1, 0.15) is 53.2 Å². The fourth-order valence-electron chi connectivity index (χ4n) is 6.73. The molecule has 4 aliphatic heterocycles. The van der Waals surface area contributed by atoms with Crippen LogP contribution in [0.5, 0.6) is 0 Å². The zero-order chi connectivity index (χ0) is 28.2. The highest BCUT2D eigenvalue weighted by atomic mass is 16.7. The number of likely N-dealkylation sites (tertiary alicyclic amines) is 2. The van der Waals surface area contributed by atoms with Gasteiger partial charge in [-0.1, -0.05) is 6.07 Å². The molecule has 11 heteroatoms. The van der Waals surface area contributed by atoms with Gasteiger partial charge < -0.3 is 19.2 Å². The lowest BCUT2D eigenvalue weighted by atomic mass is 10.0. The van der Waals surface area contributed by atoms with Gasteiger partial charge in [0.05, 0.1) is 11.7 Å². The second-order valence-corrected chi connectivity index (χ2v) is 11.6. The highest BCUT2D eigenvalue weighted by Gasteiger charge is 2.44. The van der Waals surface area contributed by atoms with Crippen molar-refractivity contribution in [2.24, 2.45) is 0 Å². The van der Waals surface area contributed by atoms with Gasteiger partial charge in [-0.25, -0.2) is 4.98 Å². The first-order valence-corrected chi connectivity index (χ1v) is 14.2. The van der Waals surface area contributed by atoms with Crippen molar-refractivity contribution in [3.63, 3.8) is 0 Å². The number of likely N-dealkylation sites (N-methyl/N-ethyl adjacent to an activating group) is 1. The number of benzene rings is 1. The summed E-state index contributed by atoms with van der Waals surface area (Å²) in [5.74, 6) is -1.56. The molecule has 1 aromatic carbocycles. The van der Waals surface area contributed by atoms with Gasteiger partial charge in [-0.3, -0.25) is 24.1 Å². The van der Waals surface area contributed by atoms with E-state index in [1.54, 1.807) is 6.07 Å². The van der Waals surface area contributed by atoms with Crippen LogP contribution in [0.4, 0.5) is 0 Å². The summed E-state index contributed by atoms with van der Waals surface area (Å²) in [6, 6.07) is 9.61. The summed E-state index contributed by atoms with van der Waals surface area (Å²) in [4.78, 5) is 65.2. The van der Waals surface area contributed by atoms with Gasteiger partial charge in [0.2, 0.25) is 0 Å². The van der Waals surface area contributed by atoms with Crippen LogP contribution >= 0.6 is 0 Å². The minimum Gasteiger partial charge on any atom is -0.334 e. The van der Waals surface area contributed by atoms with Crippen molar-refractivity contribution in [1.82, 2.24) is 29.3 Å². The number of imide groups is 1. The molecule has 0 N–H and O–H groups in total. The van der Waals surface area contributed by atoms with Crippen molar-refractivity contribution in [2.75, 3.05) is 33.2 Å². The zero-order valence-corrected chi connectivity index (χ0v) is 23.0. The quantitative estimate of drug-likeness (QED) is 0.322. The molecule has 3 amide bonds. The molecule has 41 heavy (non-hydrogen) atoms. The Labute approximate surface area is 237 Å². The van der Waals surface area contributed by atoms with Gasteiger partial charge >= 0.3 is 6.47 Å². The predicted octanol–water partition coefficient (Wildman–Crippen LogP) is 2.35. The third kappa shape index (κ3) is 4.40. The lowest BCUT2D eigenvalue weighted by molar-refractivity contribution is -0.200. The first-order chi connectivity index (χ1) is 19.9. The van der Waals surface area contributed by atoms with Gasteiger partial charge in [-0.2, -0.15) is 0 Å². The number of nitrogens with zero attached hydrogens (tertiary/aromatic N) is 6. The normalized spacial score (nSPS) is 22.1. The minimum atomic E-state index is -0.874. The molecule has 7 rings (SSSR count). The summed E-state index contributed by atoms with van der Waals surface area (Å²) in [6.45, 7) is 5.35. The fourth-order valence-corrected chi connectivity index (χ4v) is 6.73. The molecular formula is C30H32N6O5. The van der Waals surface area contributed by atoms with E-state index >= 15 is 0 Å². The smallest absolute Gasteiger partial charge is 0.321 e. The van der Waals surface area contributed by atoms with Crippen molar-refractivity contribution in [2.45, 2.75) is 50.9 Å². The van der Waals surface area contributed by atoms with Gasteiger partial charge in [0.1, 0.15) is 11.7 Å². The number of carbonyl (C=O) groups excluding carboxylic acids is 4. The van der Waals surface area contributed by atoms with Crippen LogP contribution in [0.3, 0.4) is 0 Å². The molecule has 1 atom stereocenters. The van der Waals surface area contributed by atoms with Gasteiger partial charge in [0.15, 0.2) is 0 Å². The number of piperidine rings is 1. The summed E-state index contributed by atoms with van der Waals surface area (Å²) >= 11 is 0. The monoisotopic (exact) mass is 556 g/mol. The Kier molecular flexibility index (Phi) is 6.35. The van der Waals surface area contributed by atoms with Crippen molar-refractivity contribution >= 4 is 35.2 Å². The van der Waals surface area contributed by atoms with E-state index < -0.39 is 17.9 Å². The molecule has 0 spiro atoms. The van der Waals surface area contributed by atoms with Crippen LogP contribution in [-0.2, 0) is 32.3 Å². The van der Waals surface area contributed by atoms with Gasteiger partial charge in [0.25, 0.3) is 17.7 Å².